The van der Waals surface area contributed by atoms with Gasteiger partial charge in [0.1, 0.15) is 5.82 Å². The number of sulfonamides is 2. The van der Waals surface area contributed by atoms with Crippen molar-refractivity contribution in [3.8, 4) is 0 Å². The summed E-state index contributed by atoms with van der Waals surface area (Å²) in [7, 11) is -7.78. The molecule has 0 aliphatic heterocycles. The summed E-state index contributed by atoms with van der Waals surface area (Å²) in [5, 5.41) is 2.54. The van der Waals surface area contributed by atoms with E-state index in [1.165, 1.54) is 36.7 Å². The van der Waals surface area contributed by atoms with Crippen LogP contribution in [0.1, 0.15) is 6.42 Å². The van der Waals surface area contributed by atoms with E-state index < -0.39 is 31.8 Å². The number of hydrogen-bond donors (Lipinski definition) is 3. The SMILES string of the molecule is O=C(CCNS(=O)(=O)c1ccc(F)cc1)Nc1ccc(S(=O)(=O)Nc2ncccn2)cc1. The Labute approximate surface area is 184 Å². The predicted molar refractivity (Wildman–Crippen MR) is 114 cm³/mol. The van der Waals surface area contributed by atoms with Gasteiger partial charge in [0.25, 0.3) is 10.0 Å². The molecule has 10 nitrogen and oxygen atoms in total. The molecular formula is C19H18FN5O5S2. The largest absolute Gasteiger partial charge is 0.326 e. The molecular weight excluding hydrogens is 461 g/mol. The van der Waals surface area contributed by atoms with E-state index >= 15 is 0 Å². The topological polar surface area (TPSA) is 147 Å². The number of aromatic nitrogens is 2. The molecule has 0 saturated carbocycles. The standard InChI is InChI=1S/C19H18FN5O5S2/c20-14-2-6-16(7-3-14)31(27,28)23-13-10-18(26)24-15-4-8-17(9-5-15)32(29,30)25-19-21-11-1-12-22-19/h1-9,11-12,23H,10,13H2,(H,24,26)(H,21,22,25). The van der Waals surface area contributed by atoms with Crippen molar-refractivity contribution in [2.24, 2.45) is 0 Å². The first-order valence-electron chi connectivity index (χ1n) is 9.11. The van der Waals surface area contributed by atoms with E-state index in [1.807, 2.05) is 0 Å². The third-order valence-corrected chi connectivity index (χ3v) is 6.83. The molecule has 3 N–H and O–H groups in total. The van der Waals surface area contributed by atoms with Crippen LogP contribution in [0.15, 0.2) is 76.8 Å². The average Bonchev–Trinajstić information content (AvgIpc) is 2.75. The zero-order chi connectivity index (χ0) is 23.2. The first-order valence-corrected chi connectivity index (χ1v) is 12.1. The van der Waals surface area contributed by atoms with Crippen molar-refractivity contribution in [3.63, 3.8) is 0 Å². The van der Waals surface area contributed by atoms with Gasteiger partial charge in [0.2, 0.25) is 21.9 Å². The maximum absolute atomic E-state index is 12.9. The molecule has 1 heterocycles. The fourth-order valence-electron chi connectivity index (χ4n) is 2.47. The quantitative estimate of drug-likeness (QED) is 0.423. The second-order valence-electron chi connectivity index (χ2n) is 6.35. The number of nitrogens with zero attached hydrogens (tertiary/aromatic N) is 2. The zero-order valence-corrected chi connectivity index (χ0v) is 18.0. The van der Waals surface area contributed by atoms with Crippen LogP contribution >= 0.6 is 0 Å². The van der Waals surface area contributed by atoms with Crippen molar-refractivity contribution in [2.45, 2.75) is 16.2 Å². The van der Waals surface area contributed by atoms with Crippen molar-refractivity contribution in [2.75, 3.05) is 16.6 Å². The molecule has 0 unspecified atom stereocenters. The van der Waals surface area contributed by atoms with Crippen LogP contribution < -0.4 is 14.8 Å². The summed E-state index contributed by atoms with van der Waals surface area (Å²) >= 11 is 0. The number of rotatable bonds is 9. The number of anilines is 2. The van der Waals surface area contributed by atoms with Gasteiger partial charge in [-0.3, -0.25) is 4.79 Å². The van der Waals surface area contributed by atoms with Crippen LogP contribution in [0.3, 0.4) is 0 Å². The van der Waals surface area contributed by atoms with Crippen LogP contribution in [0, 0.1) is 5.82 Å². The van der Waals surface area contributed by atoms with Crippen molar-refractivity contribution in [1.82, 2.24) is 14.7 Å². The lowest BCUT2D eigenvalue weighted by Crippen LogP contribution is -2.27. The summed E-state index contributed by atoms with van der Waals surface area (Å²) in [6.07, 6.45) is 2.61. The number of carbonyl (C=O) groups excluding carboxylic acids is 1. The molecule has 0 atom stereocenters. The van der Waals surface area contributed by atoms with E-state index in [0.29, 0.717) is 5.69 Å². The Bertz CT molecular complexity index is 1280. The van der Waals surface area contributed by atoms with E-state index in [1.54, 1.807) is 6.07 Å². The summed E-state index contributed by atoms with van der Waals surface area (Å²) in [5.74, 6) is -1.13. The Kier molecular flexibility index (Phi) is 7.12. The third-order valence-electron chi connectivity index (χ3n) is 4.01. The highest BCUT2D eigenvalue weighted by Crippen LogP contribution is 2.16. The molecule has 13 heteroatoms. The van der Waals surface area contributed by atoms with Crippen molar-refractivity contribution >= 4 is 37.6 Å². The maximum Gasteiger partial charge on any atom is 0.264 e. The smallest absolute Gasteiger partial charge is 0.264 e. The van der Waals surface area contributed by atoms with E-state index in [9.17, 15) is 26.0 Å². The zero-order valence-electron chi connectivity index (χ0n) is 16.4. The number of halogens is 1. The highest BCUT2D eigenvalue weighted by Gasteiger charge is 2.16. The Morgan fingerprint density at radius 2 is 1.41 bits per heavy atom. The number of amides is 1. The lowest BCUT2D eigenvalue weighted by molar-refractivity contribution is -0.116. The minimum Gasteiger partial charge on any atom is -0.326 e. The van der Waals surface area contributed by atoms with Gasteiger partial charge in [-0.05, 0) is 54.6 Å². The van der Waals surface area contributed by atoms with E-state index in [4.69, 9.17) is 0 Å². The van der Waals surface area contributed by atoms with Gasteiger partial charge in [0.15, 0.2) is 0 Å². The third kappa shape index (κ3) is 6.29. The summed E-state index contributed by atoms with van der Waals surface area (Å²) < 4.78 is 66.3. The predicted octanol–water partition coefficient (Wildman–Crippen LogP) is 1.72. The molecule has 1 amide bonds. The molecule has 168 valence electrons. The summed E-state index contributed by atoms with van der Waals surface area (Å²) in [6.45, 7) is -0.182. The Morgan fingerprint density at radius 1 is 0.844 bits per heavy atom. The average molecular weight is 480 g/mol. The molecule has 0 aliphatic carbocycles. The molecule has 0 aliphatic rings. The van der Waals surface area contributed by atoms with Gasteiger partial charge in [-0.2, -0.15) is 0 Å². The second-order valence-corrected chi connectivity index (χ2v) is 9.80. The monoisotopic (exact) mass is 479 g/mol. The molecule has 1 aromatic heterocycles. The van der Waals surface area contributed by atoms with Crippen molar-refractivity contribution in [1.29, 1.82) is 0 Å². The Morgan fingerprint density at radius 3 is 2.03 bits per heavy atom. The Hall–Kier alpha value is -3.42. The fourth-order valence-corrected chi connectivity index (χ4v) is 4.46. The van der Waals surface area contributed by atoms with E-state index in [-0.39, 0.29) is 28.7 Å². The molecule has 0 fully saturated rings. The summed E-state index contributed by atoms with van der Waals surface area (Å²) in [5.41, 5.74) is 0.325. The molecule has 3 aromatic rings. The highest BCUT2D eigenvalue weighted by atomic mass is 32.2. The van der Waals surface area contributed by atoms with Gasteiger partial charge in [-0.1, -0.05) is 0 Å². The van der Waals surface area contributed by atoms with Crippen LogP contribution in [-0.2, 0) is 24.8 Å². The van der Waals surface area contributed by atoms with Crippen LogP contribution in [0.5, 0.6) is 0 Å². The van der Waals surface area contributed by atoms with Crippen LogP contribution in [0.4, 0.5) is 16.0 Å². The lowest BCUT2D eigenvalue weighted by atomic mass is 10.3. The Balaban J connectivity index is 1.53. The van der Waals surface area contributed by atoms with Crippen molar-refractivity contribution in [3.05, 3.63) is 72.8 Å². The molecule has 2 aromatic carbocycles. The second kappa shape index (κ2) is 9.80. The molecule has 0 saturated heterocycles. The van der Waals surface area contributed by atoms with Crippen molar-refractivity contribution < 1.29 is 26.0 Å². The highest BCUT2D eigenvalue weighted by molar-refractivity contribution is 7.92. The molecule has 3 rings (SSSR count). The molecule has 0 bridgehead atoms. The van der Waals surface area contributed by atoms with Gasteiger partial charge in [0, 0.05) is 31.0 Å². The minimum atomic E-state index is -3.91. The fraction of sp³-hybridized carbons (Fsp3) is 0.105. The van der Waals surface area contributed by atoms with E-state index in [2.05, 4.69) is 24.7 Å². The first kappa shape index (κ1) is 23.2. The number of benzene rings is 2. The van der Waals surface area contributed by atoms with Gasteiger partial charge in [-0.25, -0.2) is 40.6 Å². The maximum atomic E-state index is 12.9. The molecule has 32 heavy (non-hydrogen) atoms. The number of hydrogen-bond acceptors (Lipinski definition) is 7. The van der Waals surface area contributed by atoms with E-state index in [0.717, 1.165) is 24.3 Å². The summed E-state index contributed by atoms with van der Waals surface area (Å²) in [4.78, 5) is 19.5. The van der Waals surface area contributed by atoms with Gasteiger partial charge in [-0.15, -0.1) is 0 Å². The minimum absolute atomic E-state index is 0.0602. The van der Waals surface area contributed by atoms with Gasteiger partial charge in [0.05, 0.1) is 9.79 Å². The van der Waals surface area contributed by atoms with Crippen LogP contribution in [0.25, 0.3) is 0 Å². The summed E-state index contributed by atoms with van der Waals surface area (Å²) in [6, 6.07) is 11.2. The molecule has 0 spiro atoms. The number of carbonyl (C=O) groups is 1. The van der Waals surface area contributed by atoms with Crippen LogP contribution in [-0.4, -0.2) is 39.3 Å². The molecule has 0 radical (unpaired) electrons. The number of nitrogens with one attached hydrogen (secondary N) is 3. The first-order chi connectivity index (χ1) is 15.2. The van der Waals surface area contributed by atoms with Crippen LogP contribution in [0.2, 0.25) is 0 Å². The van der Waals surface area contributed by atoms with Gasteiger partial charge < -0.3 is 5.32 Å². The van der Waals surface area contributed by atoms with Gasteiger partial charge >= 0.3 is 0 Å². The normalized spacial score (nSPS) is 11.7. The lowest BCUT2D eigenvalue weighted by Gasteiger charge is -2.09.